The van der Waals surface area contributed by atoms with Crippen LogP contribution in [0.5, 0.6) is 5.75 Å². The van der Waals surface area contributed by atoms with Crippen LogP contribution in [0.4, 0.5) is 4.39 Å². The number of methoxy groups -OCH3 is 1. The average Bonchev–Trinajstić information content (AvgIpc) is 2.74. The number of aromatic amines is 1. The Morgan fingerprint density at radius 1 is 1.30 bits per heavy atom. The molecule has 0 aliphatic rings. The lowest BCUT2D eigenvalue weighted by atomic mass is 10.2. The molecular formula is C14H10ClFN2OS. The summed E-state index contributed by atoms with van der Waals surface area (Å²) in [4.78, 5) is 3.03. The number of hydrogen-bond acceptors (Lipinski definition) is 2. The van der Waals surface area contributed by atoms with Gasteiger partial charge < -0.3 is 9.72 Å². The maximum absolute atomic E-state index is 14.1. The molecule has 0 atom stereocenters. The van der Waals surface area contributed by atoms with Gasteiger partial charge in [0.2, 0.25) is 0 Å². The first kappa shape index (κ1) is 13.1. The van der Waals surface area contributed by atoms with Gasteiger partial charge in [-0.15, -0.1) is 0 Å². The Balaban J connectivity index is 2.41. The summed E-state index contributed by atoms with van der Waals surface area (Å²) in [6, 6.07) is 9.95. The summed E-state index contributed by atoms with van der Waals surface area (Å²) < 4.78 is 21.3. The third-order valence-electron chi connectivity index (χ3n) is 3.05. The van der Waals surface area contributed by atoms with E-state index in [4.69, 9.17) is 28.6 Å². The van der Waals surface area contributed by atoms with Gasteiger partial charge in [0.15, 0.2) is 4.77 Å². The second kappa shape index (κ2) is 4.92. The minimum Gasteiger partial charge on any atom is -0.497 e. The molecule has 3 rings (SSSR count). The molecule has 0 aliphatic carbocycles. The van der Waals surface area contributed by atoms with E-state index in [1.54, 1.807) is 35.9 Å². The van der Waals surface area contributed by atoms with Crippen LogP contribution in [0.3, 0.4) is 0 Å². The molecule has 0 unspecified atom stereocenters. The number of aromatic nitrogens is 2. The van der Waals surface area contributed by atoms with Crippen molar-refractivity contribution in [2.45, 2.75) is 0 Å². The first-order chi connectivity index (χ1) is 9.61. The van der Waals surface area contributed by atoms with Gasteiger partial charge in [0.05, 0.1) is 23.2 Å². The van der Waals surface area contributed by atoms with E-state index in [-0.39, 0.29) is 5.69 Å². The van der Waals surface area contributed by atoms with Crippen LogP contribution in [-0.2, 0) is 0 Å². The number of nitrogens with one attached hydrogen (secondary N) is 1. The summed E-state index contributed by atoms with van der Waals surface area (Å²) in [7, 11) is 1.57. The second-order valence-electron chi connectivity index (χ2n) is 4.22. The van der Waals surface area contributed by atoms with E-state index in [1.165, 1.54) is 6.07 Å². The number of fused-ring (bicyclic) bond motifs is 1. The standard InChI is InChI=1S/C14H10ClFN2OS/c1-19-8-5-6-11-12(7-8)18(14(20)17-11)13-9(15)3-2-4-10(13)16/h2-7H,1H3,(H,17,20). The molecule has 1 heterocycles. The van der Waals surface area contributed by atoms with Crippen LogP contribution < -0.4 is 4.74 Å². The molecular weight excluding hydrogens is 299 g/mol. The maximum atomic E-state index is 14.1. The van der Waals surface area contributed by atoms with Crippen LogP contribution in [-0.4, -0.2) is 16.7 Å². The Bertz CT molecular complexity index is 836. The van der Waals surface area contributed by atoms with E-state index in [2.05, 4.69) is 4.98 Å². The monoisotopic (exact) mass is 308 g/mol. The highest BCUT2D eigenvalue weighted by Gasteiger charge is 2.14. The number of halogens is 2. The van der Waals surface area contributed by atoms with Gasteiger partial charge >= 0.3 is 0 Å². The fourth-order valence-corrected chi connectivity index (χ4v) is 2.68. The van der Waals surface area contributed by atoms with Crippen LogP contribution in [0, 0.1) is 10.6 Å². The van der Waals surface area contributed by atoms with Crippen molar-refractivity contribution in [1.29, 1.82) is 0 Å². The fraction of sp³-hybridized carbons (Fsp3) is 0.0714. The molecule has 20 heavy (non-hydrogen) atoms. The van der Waals surface area contributed by atoms with Crippen LogP contribution in [0.15, 0.2) is 36.4 Å². The summed E-state index contributed by atoms with van der Waals surface area (Å²) in [5.41, 5.74) is 1.73. The van der Waals surface area contributed by atoms with Gasteiger partial charge in [0.25, 0.3) is 0 Å². The number of imidazole rings is 1. The zero-order chi connectivity index (χ0) is 14.3. The van der Waals surface area contributed by atoms with Crippen molar-refractivity contribution in [3.8, 4) is 11.4 Å². The molecule has 0 saturated carbocycles. The molecule has 0 bridgehead atoms. The molecule has 0 saturated heterocycles. The highest BCUT2D eigenvalue weighted by atomic mass is 35.5. The van der Waals surface area contributed by atoms with E-state index >= 15 is 0 Å². The first-order valence-corrected chi connectivity index (χ1v) is 6.63. The van der Waals surface area contributed by atoms with Gasteiger partial charge in [-0.05, 0) is 36.5 Å². The fourth-order valence-electron chi connectivity index (χ4n) is 2.13. The molecule has 0 aliphatic heterocycles. The highest BCUT2D eigenvalue weighted by Crippen LogP contribution is 2.29. The Labute approximate surface area is 124 Å². The quantitative estimate of drug-likeness (QED) is 0.707. The Kier molecular flexibility index (Phi) is 3.23. The largest absolute Gasteiger partial charge is 0.497 e. The highest BCUT2D eigenvalue weighted by molar-refractivity contribution is 7.71. The first-order valence-electron chi connectivity index (χ1n) is 5.85. The van der Waals surface area contributed by atoms with Crippen LogP contribution in [0.25, 0.3) is 16.7 Å². The zero-order valence-corrected chi connectivity index (χ0v) is 12.1. The van der Waals surface area contributed by atoms with Crippen molar-refractivity contribution in [2.75, 3.05) is 7.11 Å². The SMILES string of the molecule is COc1ccc2[nH]c(=S)n(-c3c(F)cccc3Cl)c2c1. The smallest absolute Gasteiger partial charge is 0.182 e. The summed E-state index contributed by atoms with van der Waals surface area (Å²) in [5.74, 6) is 0.227. The molecule has 3 aromatic rings. The summed E-state index contributed by atoms with van der Waals surface area (Å²) >= 11 is 11.4. The predicted octanol–water partition coefficient (Wildman–Crippen LogP) is 4.49. The molecule has 0 radical (unpaired) electrons. The van der Waals surface area contributed by atoms with Gasteiger partial charge in [-0.3, -0.25) is 4.57 Å². The van der Waals surface area contributed by atoms with Gasteiger partial charge in [0.1, 0.15) is 17.3 Å². The molecule has 1 aromatic heterocycles. The minimum atomic E-state index is -0.433. The summed E-state index contributed by atoms with van der Waals surface area (Å²) in [6.45, 7) is 0. The Morgan fingerprint density at radius 3 is 2.80 bits per heavy atom. The molecule has 0 amide bonds. The number of hydrogen-bond donors (Lipinski definition) is 1. The summed E-state index contributed by atoms with van der Waals surface area (Å²) in [5, 5.41) is 0.296. The van der Waals surface area contributed by atoms with Crippen LogP contribution in [0.2, 0.25) is 5.02 Å². The normalized spacial score (nSPS) is 10.9. The molecule has 2 aromatic carbocycles. The van der Waals surface area contributed by atoms with E-state index in [0.29, 0.717) is 21.1 Å². The van der Waals surface area contributed by atoms with E-state index in [9.17, 15) is 4.39 Å². The van der Waals surface area contributed by atoms with Crippen molar-refractivity contribution in [3.63, 3.8) is 0 Å². The van der Waals surface area contributed by atoms with Crippen LogP contribution in [0.1, 0.15) is 0 Å². The number of rotatable bonds is 2. The number of nitrogens with zero attached hydrogens (tertiary/aromatic N) is 1. The van der Waals surface area contributed by atoms with Gasteiger partial charge in [-0.2, -0.15) is 0 Å². The summed E-state index contributed by atoms with van der Waals surface area (Å²) in [6.07, 6.45) is 0. The Hall–Kier alpha value is -1.85. The number of para-hydroxylation sites is 1. The van der Waals surface area contributed by atoms with Gasteiger partial charge in [0, 0.05) is 6.07 Å². The molecule has 102 valence electrons. The molecule has 0 fully saturated rings. The lowest BCUT2D eigenvalue weighted by molar-refractivity contribution is 0.415. The third kappa shape index (κ3) is 1.99. The van der Waals surface area contributed by atoms with Crippen molar-refractivity contribution in [3.05, 3.63) is 52.0 Å². The average molecular weight is 309 g/mol. The maximum Gasteiger partial charge on any atom is 0.182 e. The van der Waals surface area contributed by atoms with E-state index < -0.39 is 5.82 Å². The number of benzene rings is 2. The molecule has 0 spiro atoms. The third-order valence-corrected chi connectivity index (χ3v) is 3.64. The molecule has 3 nitrogen and oxygen atoms in total. The van der Waals surface area contributed by atoms with E-state index in [1.807, 2.05) is 6.07 Å². The topological polar surface area (TPSA) is 29.9 Å². The van der Waals surface area contributed by atoms with Gasteiger partial charge in [-0.1, -0.05) is 17.7 Å². The van der Waals surface area contributed by atoms with E-state index in [0.717, 1.165) is 5.52 Å². The van der Waals surface area contributed by atoms with Crippen molar-refractivity contribution in [2.24, 2.45) is 0 Å². The number of ether oxygens (including phenoxy) is 1. The second-order valence-corrected chi connectivity index (χ2v) is 5.01. The number of H-pyrrole nitrogens is 1. The van der Waals surface area contributed by atoms with Gasteiger partial charge in [-0.25, -0.2) is 4.39 Å². The zero-order valence-electron chi connectivity index (χ0n) is 10.5. The lowest BCUT2D eigenvalue weighted by Gasteiger charge is -2.09. The lowest BCUT2D eigenvalue weighted by Crippen LogP contribution is -1.99. The minimum absolute atomic E-state index is 0.235. The Morgan fingerprint density at radius 2 is 2.10 bits per heavy atom. The predicted molar refractivity (Wildman–Crippen MR) is 80.0 cm³/mol. The van der Waals surface area contributed by atoms with Crippen molar-refractivity contribution >= 4 is 34.9 Å². The van der Waals surface area contributed by atoms with Crippen LogP contribution >= 0.6 is 23.8 Å². The van der Waals surface area contributed by atoms with Crippen molar-refractivity contribution < 1.29 is 9.13 Å². The molecule has 1 N–H and O–H groups in total. The van der Waals surface area contributed by atoms with Crippen molar-refractivity contribution in [1.82, 2.24) is 9.55 Å². The molecule has 6 heteroatoms.